The highest BCUT2D eigenvalue weighted by atomic mass is 19.1. The van der Waals surface area contributed by atoms with E-state index in [2.05, 4.69) is 10.1 Å². The number of hydrogen-bond acceptors (Lipinski definition) is 6. The van der Waals surface area contributed by atoms with E-state index in [0.717, 1.165) is 0 Å². The van der Waals surface area contributed by atoms with Crippen molar-refractivity contribution in [3.8, 4) is 11.1 Å². The van der Waals surface area contributed by atoms with Crippen LogP contribution in [0.25, 0.3) is 11.1 Å². The maximum atomic E-state index is 13.7. The molecule has 0 saturated heterocycles. The largest absolute Gasteiger partial charge is 0.481 e. The number of nitrogens with zero attached hydrogens (tertiary/aromatic N) is 2. The Bertz CT molecular complexity index is 671. The Balaban J connectivity index is 2.57. The van der Waals surface area contributed by atoms with Gasteiger partial charge in [-0.1, -0.05) is 5.16 Å². The van der Waals surface area contributed by atoms with Crippen molar-refractivity contribution in [1.82, 2.24) is 10.1 Å². The lowest BCUT2D eigenvalue weighted by molar-refractivity contribution is -0.137. The second-order valence-corrected chi connectivity index (χ2v) is 4.50. The summed E-state index contributed by atoms with van der Waals surface area (Å²) in [5.41, 5.74) is 6.91. The van der Waals surface area contributed by atoms with Gasteiger partial charge in [-0.25, -0.2) is 4.98 Å². The number of aliphatic hydroxyl groups excluding tert-OH is 1. The molecule has 0 aliphatic carbocycles. The minimum absolute atomic E-state index is 0.0208. The van der Waals surface area contributed by atoms with Gasteiger partial charge < -0.3 is 20.5 Å². The first-order chi connectivity index (χ1) is 9.95. The summed E-state index contributed by atoms with van der Waals surface area (Å²) in [6, 6.07) is 0.562. The van der Waals surface area contributed by atoms with Gasteiger partial charge in [-0.15, -0.1) is 0 Å². The zero-order valence-corrected chi connectivity index (χ0v) is 11.2. The van der Waals surface area contributed by atoms with Crippen LogP contribution in [0.4, 0.5) is 4.39 Å². The van der Waals surface area contributed by atoms with E-state index in [9.17, 15) is 14.3 Å². The van der Waals surface area contributed by atoms with E-state index < -0.39 is 24.6 Å². The fourth-order valence-corrected chi connectivity index (χ4v) is 2.10. The molecular formula is C13H14FN3O4. The van der Waals surface area contributed by atoms with Gasteiger partial charge in [0.25, 0.3) is 0 Å². The first-order valence-corrected chi connectivity index (χ1v) is 6.13. The van der Waals surface area contributed by atoms with Gasteiger partial charge in [0.15, 0.2) is 5.76 Å². The van der Waals surface area contributed by atoms with Crippen LogP contribution in [0.5, 0.6) is 0 Å². The van der Waals surface area contributed by atoms with Crippen molar-refractivity contribution in [3.05, 3.63) is 35.2 Å². The van der Waals surface area contributed by atoms with Crippen molar-refractivity contribution in [2.24, 2.45) is 5.73 Å². The summed E-state index contributed by atoms with van der Waals surface area (Å²) in [5, 5.41) is 21.9. The Morgan fingerprint density at radius 3 is 2.90 bits per heavy atom. The summed E-state index contributed by atoms with van der Waals surface area (Å²) < 4.78 is 18.8. The van der Waals surface area contributed by atoms with Crippen LogP contribution >= 0.6 is 0 Å². The van der Waals surface area contributed by atoms with E-state index in [-0.39, 0.29) is 17.7 Å². The first-order valence-electron chi connectivity index (χ1n) is 6.13. The van der Waals surface area contributed by atoms with E-state index in [1.54, 1.807) is 6.92 Å². The van der Waals surface area contributed by atoms with Gasteiger partial charge in [-0.3, -0.25) is 4.79 Å². The van der Waals surface area contributed by atoms with Crippen LogP contribution < -0.4 is 5.73 Å². The van der Waals surface area contributed by atoms with Crippen molar-refractivity contribution in [2.75, 3.05) is 0 Å². The van der Waals surface area contributed by atoms with Crippen LogP contribution in [0.3, 0.4) is 0 Å². The molecule has 0 aliphatic heterocycles. The van der Waals surface area contributed by atoms with Crippen LogP contribution in [0.15, 0.2) is 16.8 Å². The maximum Gasteiger partial charge on any atom is 0.305 e. The fourth-order valence-electron chi connectivity index (χ4n) is 2.10. The summed E-state index contributed by atoms with van der Waals surface area (Å²) in [4.78, 5) is 14.2. The average Bonchev–Trinajstić information content (AvgIpc) is 2.79. The number of halogens is 1. The molecule has 0 spiro atoms. The lowest BCUT2D eigenvalue weighted by atomic mass is 9.96. The number of nitrogens with two attached hydrogens (primary N) is 1. The van der Waals surface area contributed by atoms with E-state index in [4.69, 9.17) is 15.4 Å². The summed E-state index contributed by atoms with van der Waals surface area (Å²) >= 11 is 0. The zero-order valence-electron chi connectivity index (χ0n) is 11.2. The van der Waals surface area contributed by atoms with Crippen LogP contribution in [-0.2, 0) is 11.4 Å². The topological polar surface area (TPSA) is 122 Å². The molecule has 112 valence electrons. The third kappa shape index (κ3) is 2.91. The molecule has 8 heteroatoms. The fraction of sp³-hybridized carbons (Fsp3) is 0.308. The second kappa shape index (κ2) is 5.98. The molecule has 0 amide bonds. The quantitative estimate of drug-likeness (QED) is 0.707. The molecule has 4 N–H and O–H groups in total. The first kappa shape index (κ1) is 15.1. The lowest BCUT2D eigenvalue weighted by Crippen LogP contribution is -2.15. The third-order valence-corrected chi connectivity index (χ3v) is 3.05. The predicted octanol–water partition coefficient (Wildman–Crippen LogP) is 1.15. The molecule has 0 bridgehead atoms. The van der Waals surface area contributed by atoms with E-state index in [0.29, 0.717) is 16.8 Å². The van der Waals surface area contributed by atoms with Crippen molar-refractivity contribution >= 4 is 5.97 Å². The number of aliphatic hydroxyl groups is 1. The molecule has 2 aromatic heterocycles. The number of hydrogen-bond donors (Lipinski definition) is 3. The molecule has 2 aromatic rings. The average molecular weight is 295 g/mol. The van der Waals surface area contributed by atoms with Crippen molar-refractivity contribution in [1.29, 1.82) is 0 Å². The highest BCUT2D eigenvalue weighted by Gasteiger charge is 2.25. The van der Waals surface area contributed by atoms with Gasteiger partial charge in [0.1, 0.15) is 0 Å². The third-order valence-electron chi connectivity index (χ3n) is 3.05. The highest BCUT2D eigenvalue weighted by molar-refractivity contribution is 5.73. The molecule has 2 heterocycles. The summed E-state index contributed by atoms with van der Waals surface area (Å²) in [7, 11) is 0. The normalized spacial score (nSPS) is 12.4. The predicted molar refractivity (Wildman–Crippen MR) is 69.5 cm³/mol. The number of carboxylic acids is 1. The number of aliphatic carboxylic acids is 1. The Morgan fingerprint density at radius 1 is 1.57 bits per heavy atom. The van der Waals surface area contributed by atoms with Crippen LogP contribution in [0, 0.1) is 12.9 Å². The van der Waals surface area contributed by atoms with Crippen molar-refractivity contribution in [3.63, 3.8) is 0 Å². The number of aromatic nitrogens is 2. The Hall–Kier alpha value is -2.32. The molecule has 0 aromatic carbocycles. The molecule has 0 radical (unpaired) electrons. The molecule has 21 heavy (non-hydrogen) atoms. The Morgan fingerprint density at radius 2 is 2.29 bits per heavy atom. The molecule has 2 rings (SSSR count). The number of carboxylic acid groups (broad SMARTS) is 1. The summed E-state index contributed by atoms with van der Waals surface area (Å²) in [6.07, 6.45) is 0.881. The van der Waals surface area contributed by atoms with Crippen LogP contribution in [0.1, 0.15) is 29.5 Å². The number of rotatable bonds is 5. The standard InChI is InChI=1S/C13H14FN3O4/c1-6-11(7-2-3-16-13(14)8(7)5-18)12(21-17-6)9(15)4-10(19)20/h2-3,9,18H,4-5,15H2,1H3,(H,19,20). The number of carbonyl (C=O) groups is 1. The highest BCUT2D eigenvalue weighted by Crippen LogP contribution is 2.34. The van der Waals surface area contributed by atoms with E-state index in [1.165, 1.54) is 12.3 Å². The van der Waals surface area contributed by atoms with Gasteiger partial charge >= 0.3 is 5.97 Å². The second-order valence-electron chi connectivity index (χ2n) is 4.50. The zero-order chi connectivity index (χ0) is 15.6. The molecular weight excluding hydrogens is 281 g/mol. The Kier molecular flexibility index (Phi) is 4.29. The van der Waals surface area contributed by atoms with Gasteiger partial charge in [-0.05, 0) is 18.6 Å². The van der Waals surface area contributed by atoms with E-state index in [1.807, 2.05) is 0 Å². The Labute approximate surface area is 119 Å². The van der Waals surface area contributed by atoms with Gasteiger partial charge in [0.2, 0.25) is 5.95 Å². The van der Waals surface area contributed by atoms with Crippen LogP contribution in [-0.4, -0.2) is 26.3 Å². The van der Waals surface area contributed by atoms with E-state index >= 15 is 0 Å². The molecule has 1 atom stereocenters. The SMILES string of the molecule is Cc1noc(C(N)CC(=O)O)c1-c1ccnc(F)c1CO. The molecule has 7 nitrogen and oxygen atoms in total. The minimum atomic E-state index is -1.09. The van der Waals surface area contributed by atoms with Crippen LogP contribution in [0.2, 0.25) is 0 Å². The van der Waals surface area contributed by atoms with Crippen molar-refractivity contribution in [2.45, 2.75) is 26.0 Å². The maximum absolute atomic E-state index is 13.7. The molecule has 1 unspecified atom stereocenters. The summed E-state index contributed by atoms with van der Waals surface area (Å²) in [5.74, 6) is -1.77. The number of pyridine rings is 1. The number of aryl methyl sites for hydroxylation is 1. The monoisotopic (exact) mass is 295 g/mol. The lowest BCUT2D eigenvalue weighted by Gasteiger charge is -2.11. The summed E-state index contributed by atoms with van der Waals surface area (Å²) in [6.45, 7) is 1.06. The molecule has 0 aliphatic rings. The van der Waals surface area contributed by atoms with Gasteiger partial charge in [0, 0.05) is 17.3 Å². The molecule has 0 saturated carbocycles. The smallest absolute Gasteiger partial charge is 0.305 e. The van der Waals surface area contributed by atoms with Crippen molar-refractivity contribution < 1.29 is 23.9 Å². The van der Waals surface area contributed by atoms with Gasteiger partial charge in [-0.2, -0.15) is 4.39 Å². The minimum Gasteiger partial charge on any atom is -0.481 e. The van der Waals surface area contributed by atoms with Gasteiger partial charge in [0.05, 0.1) is 24.8 Å². The molecule has 0 fully saturated rings.